The Morgan fingerprint density at radius 2 is 2.07 bits per heavy atom. The highest BCUT2D eigenvalue weighted by Gasteiger charge is 2.05. The Bertz CT molecular complexity index is 513. The van der Waals surface area contributed by atoms with Gasteiger partial charge in [0.25, 0.3) is 0 Å². The fourth-order valence-corrected chi connectivity index (χ4v) is 1.97. The van der Waals surface area contributed by atoms with Crippen molar-refractivity contribution in [3.05, 3.63) is 34.4 Å². The van der Waals surface area contributed by atoms with Crippen LogP contribution in [-0.4, -0.2) is 10.4 Å². The summed E-state index contributed by atoms with van der Waals surface area (Å²) >= 11 is 3.45. The molecule has 1 heterocycles. The number of carbonyl (C=O) groups is 1. The van der Waals surface area contributed by atoms with E-state index in [0.29, 0.717) is 0 Å². The number of nitrogens with zero attached hydrogens (tertiary/aromatic N) is 1. The standard InChI is InChI=1S/C11H10BrNO/c1-7(14)8-3-4-10-9(5-8)6-11(12)13(10)2/h3-6H,1-2H3. The van der Waals surface area contributed by atoms with E-state index in [0.717, 1.165) is 21.1 Å². The van der Waals surface area contributed by atoms with Gasteiger partial charge in [-0.15, -0.1) is 0 Å². The van der Waals surface area contributed by atoms with Crippen molar-refractivity contribution in [1.82, 2.24) is 4.57 Å². The predicted molar refractivity (Wildman–Crippen MR) is 60.6 cm³/mol. The molecule has 1 aromatic heterocycles. The first kappa shape index (κ1) is 9.46. The van der Waals surface area contributed by atoms with E-state index in [1.165, 1.54) is 0 Å². The number of rotatable bonds is 1. The summed E-state index contributed by atoms with van der Waals surface area (Å²) in [6.07, 6.45) is 0. The molecule has 0 unspecified atom stereocenters. The summed E-state index contributed by atoms with van der Waals surface area (Å²) in [7, 11) is 1.99. The lowest BCUT2D eigenvalue weighted by Gasteiger charge is -1.98. The first-order valence-electron chi connectivity index (χ1n) is 4.35. The van der Waals surface area contributed by atoms with E-state index in [2.05, 4.69) is 15.9 Å². The van der Waals surface area contributed by atoms with Gasteiger partial charge in [-0.2, -0.15) is 0 Å². The van der Waals surface area contributed by atoms with Crippen molar-refractivity contribution in [3.8, 4) is 0 Å². The maximum absolute atomic E-state index is 11.2. The number of aryl methyl sites for hydroxylation is 1. The maximum Gasteiger partial charge on any atom is 0.159 e. The molecule has 72 valence electrons. The van der Waals surface area contributed by atoms with Gasteiger partial charge >= 0.3 is 0 Å². The van der Waals surface area contributed by atoms with Gasteiger partial charge in [-0.25, -0.2) is 0 Å². The van der Waals surface area contributed by atoms with Crippen LogP contribution < -0.4 is 0 Å². The lowest BCUT2D eigenvalue weighted by Crippen LogP contribution is -1.91. The zero-order valence-corrected chi connectivity index (χ0v) is 9.63. The molecule has 0 aliphatic carbocycles. The molecule has 0 aliphatic heterocycles. The third-order valence-electron chi connectivity index (χ3n) is 2.39. The largest absolute Gasteiger partial charge is 0.338 e. The van der Waals surface area contributed by atoms with Crippen LogP contribution >= 0.6 is 15.9 Å². The van der Waals surface area contributed by atoms with Gasteiger partial charge in [0.1, 0.15) is 0 Å². The number of hydrogen-bond acceptors (Lipinski definition) is 1. The molecule has 0 bridgehead atoms. The van der Waals surface area contributed by atoms with Crippen molar-refractivity contribution in [1.29, 1.82) is 0 Å². The van der Waals surface area contributed by atoms with Crippen molar-refractivity contribution in [3.63, 3.8) is 0 Å². The summed E-state index contributed by atoms with van der Waals surface area (Å²) in [6, 6.07) is 7.76. The van der Waals surface area contributed by atoms with E-state index in [-0.39, 0.29) is 5.78 Å². The summed E-state index contributed by atoms with van der Waals surface area (Å²) in [6.45, 7) is 1.58. The number of benzene rings is 1. The fraction of sp³-hybridized carbons (Fsp3) is 0.182. The molecule has 0 radical (unpaired) electrons. The highest BCUT2D eigenvalue weighted by Crippen LogP contribution is 2.23. The van der Waals surface area contributed by atoms with Crippen LogP contribution in [-0.2, 0) is 7.05 Å². The zero-order chi connectivity index (χ0) is 10.3. The minimum absolute atomic E-state index is 0.104. The van der Waals surface area contributed by atoms with Gasteiger partial charge < -0.3 is 4.57 Å². The molecule has 2 nitrogen and oxygen atoms in total. The van der Waals surface area contributed by atoms with Crippen LogP contribution in [0.1, 0.15) is 17.3 Å². The summed E-state index contributed by atoms with van der Waals surface area (Å²) in [5.41, 5.74) is 1.89. The molecular weight excluding hydrogens is 242 g/mol. The van der Waals surface area contributed by atoms with Crippen molar-refractivity contribution in [2.45, 2.75) is 6.92 Å². The summed E-state index contributed by atoms with van der Waals surface area (Å²) in [5, 5.41) is 1.09. The zero-order valence-electron chi connectivity index (χ0n) is 8.04. The molecule has 0 fully saturated rings. The Morgan fingerprint density at radius 1 is 1.36 bits per heavy atom. The molecule has 0 N–H and O–H groups in total. The van der Waals surface area contributed by atoms with E-state index in [1.807, 2.05) is 35.9 Å². The van der Waals surface area contributed by atoms with Crippen LogP contribution in [0.3, 0.4) is 0 Å². The van der Waals surface area contributed by atoms with Crippen LogP contribution in [0.15, 0.2) is 28.9 Å². The van der Waals surface area contributed by atoms with Crippen molar-refractivity contribution in [2.24, 2.45) is 7.05 Å². The molecule has 1 aromatic carbocycles. The number of aromatic nitrogens is 1. The van der Waals surface area contributed by atoms with Gasteiger partial charge in [0.15, 0.2) is 5.78 Å². The SMILES string of the molecule is CC(=O)c1ccc2c(c1)cc(Br)n2C. The minimum atomic E-state index is 0.104. The molecular formula is C11H10BrNO. The van der Waals surface area contributed by atoms with E-state index < -0.39 is 0 Å². The van der Waals surface area contributed by atoms with Crippen molar-refractivity contribution in [2.75, 3.05) is 0 Å². The molecule has 14 heavy (non-hydrogen) atoms. The first-order valence-corrected chi connectivity index (χ1v) is 5.15. The van der Waals surface area contributed by atoms with E-state index >= 15 is 0 Å². The third kappa shape index (κ3) is 1.38. The quantitative estimate of drug-likeness (QED) is 0.714. The second kappa shape index (κ2) is 3.24. The van der Waals surface area contributed by atoms with Gasteiger partial charge in [-0.05, 0) is 47.1 Å². The number of hydrogen-bond donors (Lipinski definition) is 0. The Balaban J connectivity index is 2.73. The fourth-order valence-electron chi connectivity index (χ4n) is 1.53. The summed E-state index contributed by atoms with van der Waals surface area (Å²) in [4.78, 5) is 11.2. The Kier molecular flexibility index (Phi) is 2.19. The molecule has 0 saturated carbocycles. The molecule has 2 aromatic rings. The van der Waals surface area contributed by atoms with E-state index in [9.17, 15) is 4.79 Å². The van der Waals surface area contributed by atoms with Crippen molar-refractivity contribution >= 4 is 32.6 Å². The number of carbonyl (C=O) groups excluding carboxylic acids is 1. The Morgan fingerprint density at radius 3 is 2.71 bits per heavy atom. The van der Waals surface area contributed by atoms with Crippen molar-refractivity contribution < 1.29 is 4.79 Å². The topological polar surface area (TPSA) is 22.0 Å². The lowest BCUT2D eigenvalue weighted by molar-refractivity contribution is 0.101. The number of halogens is 1. The number of fused-ring (bicyclic) bond motifs is 1. The van der Waals surface area contributed by atoms with Gasteiger partial charge in [-0.3, -0.25) is 4.79 Å². The van der Waals surface area contributed by atoms with Crippen LogP contribution in [0, 0.1) is 0 Å². The molecule has 3 heteroatoms. The normalized spacial score (nSPS) is 10.8. The molecule has 0 saturated heterocycles. The maximum atomic E-state index is 11.2. The van der Waals surface area contributed by atoms with Gasteiger partial charge in [0, 0.05) is 23.5 Å². The van der Waals surface area contributed by atoms with Gasteiger partial charge in [-0.1, -0.05) is 0 Å². The average molecular weight is 252 g/mol. The Labute approximate surface area is 90.7 Å². The second-order valence-electron chi connectivity index (χ2n) is 3.36. The lowest BCUT2D eigenvalue weighted by atomic mass is 10.1. The van der Waals surface area contributed by atoms with Gasteiger partial charge in [0.2, 0.25) is 0 Å². The average Bonchev–Trinajstić information content (AvgIpc) is 2.42. The summed E-state index contributed by atoms with van der Waals surface area (Å²) in [5.74, 6) is 0.104. The monoisotopic (exact) mass is 251 g/mol. The highest BCUT2D eigenvalue weighted by atomic mass is 79.9. The van der Waals surface area contributed by atoms with Gasteiger partial charge in [0.05, 0.1) is 4.60 Å². The second-order valence-corrected chi connectivity index (χ2v) is 4.17. The van der Waals surface area contributed by atoms with Crippen LogP contribution in [0.2, 0.25) is 0 Å². The predicted octanol–water partition coefficient (Wildman–Crippen LogP) is 3.14. The van der Waals surface area contributed by atoms with Crippen LogP contribution in [0.25, 0.3) is 10.9 Å². The minimum Gasteiger partial charge on any atom is -0.338 e. The molecule has 0 amide bonds. The van der Waals surface area contributed by atoms with E-state index in [1.54, 1.807) is 6.92 Å². The van der Waals surface area contributed by atoms with Crippen LogP contribution in [0.4, 0.5) is 0 Å². The van der Waals surface area contributed by atoms with E-state index in [4.69, 9.17) is 0 Å². The number of ketones is 1. The molecule has 0 atom stereocenters. The molecule has 0 aliphatic rings. The number of Topliss-reactive ketones (excluding diaryl/α,β-unsaturated/α-hetero) is 1. The molecule has 0 spiro atoms. The smallest absolute Gasteiger partial charge is 0.159 e. The van der Waals surface area contributed by atoms with Crippen LogP contribution in [0.5, 0.6) is 0 Å². The molecule has 2 rings (SSSR count). The third-order valence-corrected chi connectivity index (χ3v) is 3.15. The summed E-state index contributed by atoms with van der Waals surface area (Å²) < 4.78 is 3.06. The Hall–Kier alpha value is -1.09. The highest BCUT2D eigenvalue weighted by molar-refractivity contribution is 9.10. The first-order chi connectivity index (χ1) is 6.59.